The Kier molecular flexibility index (Phi) is 6.69. The first-order valence-electron chi connectivity index (χ1n) is 9.76. The van der Waals surface area contributed by atoms with Crippen LogP contribution in [0.2, 0.25) is 10.0 Å². The summed E-state index contributed by atoms with van der Waals surface area (Å²) in [6.07, 6.45) is 2.07. The second kappa shape index (κ2) is 9.48. The Labute approximate surface area is 202 Å². The Balaban J connectivity index is 1.58. The van der Waals surface area contributed by atoms with Crippen molar-refractivity contribution in [1.82, 2.24) is 5.43 Å². The molecule has 0 unspecified atom stereocenters. The minimum Gasteiger partial charge on any atom is -0.453 e. The van der Waals surface area contributed by atoms with Gasteiger partial charge in [0.05, 0.1) is 16.3 Å². The van der Waals surface area contributed by atoms with E-state index in [1.807, 2.05) is 6.07 Å². The van der Waals surface area contributed by atoms with Crippen molar-refractivity contribution in [1.29, 1.82) is 0 Å². The van der Waals surface area contributed by atoms with Gasteiger partial charge >= 0.3 is 5.97 Å². The van der Waals surface area contributed by atoms with Crippen LogP contribution in [0.1, 0.15) is 50.6 Å². The number of rotatable bonds is 4. The van der Waals surface area contributed by atoms with Gasteiger partial charge in [-0.15, -0.1) is 0 Å². The Morgan fingerprint density at radius 3 is 2.69 bits per heavy atom. The van der Waals surface area contributed by atoms with Crippen molar-refractivity contribution in [3.8, 4) is 5.75 Å². The average Bonchev–Trinajstić information content (AvgIpc) is 3.11. The van der Waals surface area contributed by atoms with E-state index in [0.29, 0.717) is 44.9 Å². The Bertz CT molecular complexity index is 1250. The standard InChI is InChI=1S/C23H17BrCl2N2O4/c1-12-20-17(27-28-22(29)14-5-2-3-6-15(14)24)7-4-8-19(20)31-21(12)23(30)32-18-10-9-13(25)11-16(18)26/h2-3,5-6,9-11H,4,7-8H2,1H3,(H,28,29)/b27-17+. The second-order valence-corrected chi connectivity index (χ2v) is 8.85. The SMILES string of the molecule is Cc1c(C(=O)Oc2ccc(Cl)cc2Cl)oc2c1/C(=N/NC(=O)c1ccccc1Br)CCC2. The monoisotopic (exact) mass is 534 g/mol. The van der Waals surface area contributed by atoms with Gasteiger partial charge in [0.25, 0.3) is 5.91 Å². The molecule has 1 heterocycles. The topological polar surface area (TPSA) is 80.9 Å². The van der Waals surface area contributed by atoms with Crippen LogP contribution in [-0.2, 0) is 6.42 Å². The van der Waals surface area contributed by atoms with Crippen LogP contribution in [0, 0.1) is 6.92 Å². The van der Waals surface area contributed by atoms with E-state index in [-0.39, 0.29) is 22.4 Å². The van der Waals surface area contributed by atoms with Crippen molar-refractivity contribution >= 4 is 56.7 Å². The zero-order chi connectivity index (χ0) is 22.8. The van der Waals surface area contributed by atoms with E-state index in [2.05, 4.69) is 26.5 Å². The van der Waals surface area contributed by atoms with Crippen LogP contribution in [0.15, 0.2) is 56.5 Å². The summed E-state index contributed by atoms with van der Waals surface area (Å²) in [4.78, 5) is 25.3. The van der Waals surface area contributed by atoms with E-state index in [1.54, 1.807) is 31.2 Å². The van der Waals surface area contributed by atoms with Crippen LogP contribution >= 0.6 is 39.1 Å². The van der Waals surface area contributed by atoms with Crippen molar-refractivity contribution in [3.05, 3.63) is 85.2 Å². The molecule has 0 saturated carbocycles. The maximum absolute atomic E-state index is 12.8. The van der Waals surface area contributed by atoms with Gasteiger partial charge in [-0.1, -0.05) is 35.3 Å². The number of nitrogens with zero attached hydrogens (tertiary/aromatic N) is 1. The lowest BCUT2D eigenvalue weighted by Crippen LogP contribution is -2.22. The minimum absolute atomic E-state index is 0.0766. The highest BCUT2D eigenvalue weighted by molar-refractivity contribution is 9.10. The fourth-order valence-corrected chi connectivity index (χ4v) is 4.41. The smallest absolute Gasteiger partial charge is 0.379 e. The second-order valence-electron chi connectivity index (χ2n) is 7.15. The number of hydrazone groups is 1. The van der Waals surface area contributed by atoms with E-state index in [4.69, 9.17) is 32.4 Å². The highest BCUT2D eigenvalue weighted by Crippen LogP contribution is 2.32. The summed E-state index contributed by atoms with van der Waals surface area (Å²) in [5.74, 6) is -0.109. The summed E-state index contributed by atoms with van der Waals surface area (Å²) in [5.41, 5.74) is 5.04. The first-order chi connectivity index (χ1) is 15.3. The molecule has 1 aromatic heterocycles. The third-order valence-corrected chi connectivity index (χ3v) is 6.24. The molecule has 1 amide bonds. The molecule has 4 rings (SSSR count). The lowest BCUT2D eigenvalue weighted by atomic mass is 9.93. The molecule has 6 nitrogen and oxygen atoms in total. The molecule has 1 aliphatic carbocycles. The zero-order valence-electron chi connectivity index (χ0n) is 16.9. The van der Waals surface area contributed by atoms with Crippen molar-refractivity contribution in [2.24, 2.45) is 5.10 Å². The van der Waals surface area contributed by atoms with Gasteiger partial charge in [-0.25, -0.2) is 10.2 Å². The Morgan fingerprint density at radius 1 is 1.16 bits per heavy atom. The molecule has 32 heavy (non-hydrogen) atoms. The number of hydrogen-bond acceptors (Lipinski definition) is 5. The van der Waals surface area contributed by atoms with E-state index in [1.165, 1.54) is 12.1 Å². The molecule has 1 aliphatic rings. The highest BCUT2D eigenvalue weighted by atomic mass is 79.9. The normalized spacial score (nSPS) is 14.2. The molecule has 0 aliphatic heterocycles. The fourth-order valence-electron chi connectivity index (χ4n) is 3.50. The molecular formula is C23H17BrCl2N2O4. The van der Waals surface area contributed by atoms with Gasteiger partial charge in [-0.05, 0) is 66.0 Å². The van der Waals surface area contributed by atoms with Crippen LogP contribution in [0.5, 0.6) is 5.75 Å². The van der Waals surface area contributed by atoms with Gasteiger partial charge in [0.15, 0.2) is 0 Å². The van der Waals surface area contributed by atoms with Crippen LogP contribution in [0.4, 0.5) is 0 Å². The third kappa shape index (κ3) is 4.60. The lowest BCUT2D eigenvalue weighted by molar-refractivity contribution is 0.0698. The molecule has 1 N–H and O–H groups in total. The molecule has 0 spiro atoms. The molecule has 0 saturated heterocycles. The first kappa shape index (κ1) is 22.6. The number of hydrogen-bond donors (Lipinski definition) is 1. The summed E-state index contributed by atoms with van der Waals surface area (Å²) in [6, 6.07) is 11.7. The highest BCUT2D eigenvalue weighted by Gasteiger charge is 2.29. The van der Waals surface area contributed by atoms with Gasteiger partial charge in [0.2, 0.25) is 5.76 Å². The number of esters is 1. The van der Waals surface area contributed by atoms with Gasteiger partial charge in [0.1, 0.15) is 11.5 Å². The number of halogens is 3. The number of fused-ring (bicyclic) bond motifs is 1. The molecule has 0 bridgehead atoms. The number of benzene rings is 2. The largest absolute Gasteiger partial charge is 0.453 e. The van der Waals surface area contributed by atoms with E-state index < -0.39 is 5.97 Å². The van der Waals surface area contributed by atoms with Crippen LogP contribution in [-0.4, -0.2) is 17.6 Å². The van der Waals surface area contributed by atoms with E-state index in [9.17, 15) is 9.59 Å². The van der Waals surface area contributed by atoms with Crippen molar-refractivity contribution in [2.75, 3.05) is 0 Å². The fraction of sp³-hybridized carbons (Fsp3) is 0.174. The predicted molar refractivity (Wildman–Crippen MR) is 126 cm³/mol. The molecule has 2 aromatic carbocycles. The van der Waals surface area contributed by atoms with Crippen LogP contribution in [0.3, 0.4) is 0 Å². The predicted octanol–water partition coefficient (Wildman–Crippen LogP) is 6.35. The number of carbonyl (C=O) groups is 2. The summed E-state index contributed by atoms with van der Waals surface area (Å²) < 4.78 is 11.9. The number of amides is 1. The summed E-state index contributed by atoms with van der Waals surface area (Å²) in [5, 5.41) is 4.99. The molecule has 0 atom stereocenters. The number of ether oxygens (including phenoxy) is 1. The van der Waals surface area contributed by atoms with Crippen molar-refractivity contribution < 1.29 is 18.7 Å². The summed E-state index contributed by atoms with van der Waals surface area (Å²) >= 11 is 15.4. The average molecular weight is 536 g/mol. The van der Waals surface area contributed by atoms with E-state index in [0.717, 1.165) is 12.0 Å². The number of nitrogens with one attached hydrogen (secondary N) is 1. The number of aryl methyl sites for hydroxylation is 1. The lowest BCUT2D eigenvalue weighted by Gasteiger charge is -2.13. The summed E-state index contributed by atoms with van der Waals surface area (Å²) in [6.45, 7) is 1.76. The van der Waals surface area contributed by atoms with Gasteiger partial charge in [0, 0.05) is 27.0 Å². The quantitative estimate of drug-likeness (QED) is 0.240. The van der Waals surface area contributed by atoms with E-state index >= 15 is 0 Å². The molecular weight excluding hydrogens is 519 g/mol. The molecule has 3 aromatic rings. The van der Waals surface area contributed by atoms with Crippen LogP contribution in [0.25, 0.3) is 0 Å². The molecule has 0 fully saturated rings. The van der Waals surface area contributed by atoms with Crippen LogP contribution < -0.4 is 10.2 Å². The van der Waals surface area contributed by atoms with Gasteiger partial charge < -0.3 is 9.15 Å². The van der Waals surface area contributed by atoms with Gasteiger partial charge in [-0.3, -0.25) is 4.79 Å². The molecule has 164 valence electrons. The Morgan fingerprint density at radius 2 is 1.94 bits per heavy atom. The number of furan rings is 1. The number of carbonyl (C=O) groups excluding carboxylic acids is 2. The molecule has 0 radical (unpaired) electrons. The first-order valence-corrected chi connectivity index (χ1v) is 11.3. The van der Waals surface area contributed by atoms with Crippen molar-refractivity contribution in [2.45, 2.75) is 26.2 Å². The maximum atomic E-state index is 12.8. The molecule has 9 heteroatoms. The third-order valence-electron chi connectivity index (χ3n) is 5.02. The Hall–Kier alpha value is -2.61. The van der Waals surface area contributed by atoms with Gasteiger partial charge in [-0.2, -0.15) is 5.10 Å². The minimum atomic E-state index is -0.669. The summed E-state index contributed by atoms with van der Waals surface area (Å²) in [7, 11) is 0. The maximum Gasteiger partial charge on any atom is 0.379 e. The van der Waals surface area contributed by atoms with Crippen molar-refractivity contribution in [3.63, 3.8) is 0 Å². The zero-order valence-corrected chi connectivity index (χ0v) is 20.0.